The fourth-order valence-corrected chi connectivity index (χ4v) is 2.10. The number of hydrogen-bond donors (Lipinski definition) is 2. The summed E-state index contributed by atoms with van der Waals surface area (Å²) in [6, 6.07) is 6.58. The summed E-state index contributed by atoms with van der Waals surface area (Å²) in [7, 11) is 0. The molecular weight excluding hydrogens is 243 g/mol. The van der Waals surface area contributed by atoms with Crippen molar-refractivity contribution in [3.63, 3.8) is 0 Å². The maximum atomic E-state index is 12.9. The molecule has 1 aromatic rings. The molecule has 0 saturated carbocycles. The van der Waals surface area contributed by atoms with E-state index in [2.05, 4.69) is 24.5 Å². The third kappa shape index (κ3) is 3.77. The van der Waals surface area contributed by atoms with E-state index in [0.717, 1.165) is 25.1 Å². The SMILES string of the molecule is CC(C)C(Cc1ccc(F)cc1)NC(=O)C1CNC1. The predicted molar refractivity (Wildman–Crippen MR) is 73.2 cm³/mol. The largest absolute Gasteiger partial charge is 0.352 e. The van der Waals surface area contributed by atoms with Crippen molar-refractivity contribution >= 4 is 5.91 Å². The zero-order valence-corrected chi connectivity index (χ0v) is 11.4. The van der Waals surface area contributed by atoms with Crippen molar-refractivity contribution in [1.82, 2.24) is 10.6 Å². The third-order valence-electron chi connectivity index (χ3n) is 3.65. The van der Waals surface area contributed by atoms with E-state index in [4.69, 9.17) is 0 Å². The second kappa shape index (κ2) is 6.15. The normalized spacial score (nSPS) is 17.1. The van der Waals surface area contributed by atoms with Crippen LogP contribution in [-0.2, 0) is 11.2 Å². The molecule has 2 N–H and O–H groups in total. The Kier molecular flexibility index (Phi) is 4.53. The zero-order chi connectivity index (χ0) is 13.8. The van der Waals surface area contributed by atoms with E-state index in [1.807, 2.05) is 0 Å². The predicted octanol–water partition coefficient (Wildman–Crippen LogP) is 1.73. The van der Waals surface area contributed by atoms with Crippen molar-refractivity contribution in [2.24, 2.45) is 11.8 Å². The maximum Gasteiger partial charge on any atom is 0.225 e. The molecular formula is C15H21FN2O. The monoisotopic (exact) mass is 264 g/mol. The molecule has 3 nitrogen and oxygen atoms in total. The molecule has 104 valence electrons. The van der Waals surface area contributed by atoms with E-state index in [0.29, 0.717) is 5.92 Å². The molecule has 1 amide bonds. The number of rotatable bonds is 5. The molecule has 4 heteroatoms. The van der Waals surface area contributed by atoms with Crippen LogP contribution in [0.15, 0.2) is 24.3 Å². The lowest BCUT2D eigenvalue weighted by Gasteiger charge is -2.30. The van der Waals surface area contributed by atoms with Gasteiger partial charge in [0, 0.05) is 19.1 Å². The number of halogens is 1. The second-order valence-electron chi connectivity index (χ2n) is 5.54. The van der Waals surface area contributed by atoms with Gasteiger partial charge in [-0.25, -0.2) is 4.39 Å². The topological polar surface area (TPSA) is 41.1 Å². The number of benzene rings is 1. The first-order chi connectivity index (χ1) is 9.06. The molecule has 2 rings (SSSR count). The van der Waals surface area contributed by atoms with Crippen molar-refractivity contribution in [3.8, 4) is 0 Å². The molecule has 1 unspecified atom stereocenters. The minimum absolute atomic E-state index is 0.0959. The molecule has 1 aliphatic rings. The van der Waals surface area contributed by atoms with Crippen LogP contribution < -0.4 is 10.6 Å². The van der Waals surface area contributed by atoms with Crippen molar-refractivity contribution in [2.45, 2.75) is 26.3 Å². The molecule has 0 aromatic heterocycles. The van der Waals surface area contributed by atoms with Gasteiger partial charge in [0.05, 0.1) is 5.92 Å². The lowest BCUT2D eigenvalue weighted by molar-refractivity contribution is -0.127. The van der Waals surface area contributed by atoms with Crippen LogP contribution in [0.1, 0.15) is 19.4 Å². The van der Waals surface area contributed by atoms with E-state index in [9.17, 15) is 9.18 Å². The lowest BCUT2D eigenvalue weighted by atomic mass is 9.94. The van der Waals surface area contributed by atoms with Crippen molar-refractivity contribution in [1.29, 1.82) is 0 Å². The van der Waals surface area contributed by atoms with Crippen LogP contribution in [0, 0.1) is 17.7 Å². The summed E-state index contributed by atoms with van der Waals surface area (Å²) in [5.41, 5.74) is 1.05. The van der Waals surface area contributed by atoms with Gasteiger partial charge < -0.3 is 10.6 Å². The van der Waals surface area contributed by atoms with Gasteiger partial charge in [-0.1, -0.05) is 26.0 Å². The van der Waals surface area contributed by atoms with Crippen LogP contribution in [0.25, 0.3) is 0 Å². The Morgan fingerprint density at radius 2 is 2.00 bits per heavy atom. The van der Waals surface area contributed by atoms with Gasteiger partial charge >= 0.3 is 0 Å². The maximum absolute atomic E-state index is 12.9. The highest BCUT2D eigenvalue weighted by molar-refractivity contribution is 5.80. The molecule has 1 atom stereocenters. The molecule has 1 saturated heterocycles. The third-order valence-corrected chi connectivity index (χ3v) is 3.65. The highest BCUT2D eigenvalue weighted by Gasteiger charge is 2.27. The molecule has 1 fully saturated rings. The van der Waals surface area contributed by atoms with Crippen molar-refractivity contribution < 1.29 is 9.18 Å². The standard InChI is InChI=1S/C15H21FN2O/c1-10(2)14(18-15(19)12-8-17-9-12)7-11-3-5-13(16)6-4-11/h3-6,10,12,14,17H,7-9H2,1-2H3,(H,18,19). The Bertz CT molecular complexity index is 426. The second-order valence-corrected chi connectivity index (χ2v) is 5.54. The van der Waals surface area contributed by atoms with Gasteiger partial charge in [-0.15, -0.1) is 0 Å². The highest BCUT2D eigenvalue weighted by Crippen LogP contribution is 2.13. The van der Waals surface area contributed by atoms with Gasteiger partial charge in [0.25, 0.3) is 0 Å². The molecule has 0 spiro atoms. The van der Waals surface area contributed by atoms with Crippen LogP contribution >= 0.6 is 0 Å². The van der Waals surface area contributed by atoms with Gasteiger partial charge in [-0.2, -0.15) is 0 Å². The summed E-state index contributed by atoms with van der Waals surface area (Å²) in [5, 5.41) is 6.21. The average molecular weight is 264 g/mol. The molecule has 0 aliphatic carbocycles. The number of nitrogens with one attached hydrogen (secondary N) is 2. The number of hydrogen-bond acceptors (Lipinski definition) is 2. The van der Waals surface area contributed by atoms with Gasteiger partial charge in [0.15, 0.2) is 0 Å². The summed E-state index contributed by atoms with van der Waals surface area (Å²) in [4.78, 5) is 12.0. The first-order valence-corrected chi connectivity index (χ1v) is 6.82. The fraction of sp³-hybridized carbons (Fsp3) is 0.533. The Hall–Kier alpha value is -1.42. The fourth-order valence-electron chi connectivity index (χ4n) is 2.10. The highest BCUT2D eigenvalue weighted by atomic mass is 19.1. The smallest absolute Gasteiger partial charge is 0.225 e. The molecule has 1 heterocycles. The number of carbonyl (C=O) groups excluding carboxylic acids is 1. The lowest BCUT2D eigenvalue weighted by Crippen LogP contribution is -2.53. The van der Waals surface area contributed by atoms with Crippen LogP contribution in [0.5, 0.6) is 0 Å². The summed E-state index contributed by atoms with van der Waals surface area (Å²) in [6.45, 7) is 5.72. The molecule has 0 radical (unpaired) electrons. The van der Waals surface area contributed by atoms with Crippen LogP contribution in [-0.4, -0.2) is 25.0 Å². The summed E-state index contributed by atoms with van der Waals surface area (Å²) in [5.74, 6) is 0.352. The van der Waals surface area contributed by atoms with Crippen molar-refractivity contribution in [2.75, 3.05) is 13.1 Å². The van der Waals surface area contributed by atoms with Crippen LogP contribution in [0.3, 0.4) is 0 Å². The Labute approximate surface area is 113 Å². The molecule has 19 heavy (non-hydrogen) atoms. The zero-order valence-electron chi connectivity index (χ0n) is 11.4. The van der Waals surface area contributed by atoms with Crippen LogP contribution in [0.2, 0.25) is 0 Å². The molecule has 0 bridgehead atoms. The van der Waals surface area contributed by atoms with E-state index >= 15 is 0 Å². The first-order valence-electron chi connectivity index (χ1n) is 6.82. The van der Waals surface area contributed by atoms with E-state index < -0.39 is 0 Å². The van der Waals surface area contributed by atoms with E-state index in [1.54, 1.807) is 12.1 Å². The van der Waals surface area contributed by atoms with Crippen LogP contribution in [0.4, 0.5) is 4.39 Å². The Balaban J connectivity index is 1.95. The average Bonchev–Trinajstić information content (AvgIpc) is 2.28. The first kappa shape index (κ1) is 14.0. The van der Waals surface area contributed by atoms with E-state index in [-0.39, 0.29) is 23.7 Å². The summed E-state index contributed by atoms with van der Waals surface area (Å²) < 4.78 is 12.9. The minimum Gasteiger partial charge on any atom is -0.352 e. The molecule has 1 aliphatic heterocycles. The Morgan fingerprint density at radius 3 is 2.47 bits per heavy atom. The van der Waals surface area contributed by atoms with Gasteiger partial charge in [-0.05, 0) is 30.0 Å². The van der Waals surface area contributed by atoms with Crippen molar-refractivity contribution in [3.05, 3.63) is 35.6 Å². The quantitative estimate of drug-likeness (QED) is 0.850. The minimum atomic E-state index is -0.227. The van der Waals surface area contributed by atoms with Gasteiger partial charge in [-0.3, -0.25) is 4.79 Å². The Morgan fingerprint density at radius 1 is 1.37 bits per heavy atom. The molecule has 1 aromatic carbocycles. The summed E-state index contributed by atoms with van der Waals surface area (Å²) >= 11 is 0. The van der Waals surface area contributed by atoms with E-state index in [1.165, 1.54) is 12.1 Å². The summed E-state index contributed by atoms with van der Waals surface area (Å²) in [6.07, 6.45) is 0.740. The van der Waals surface area contributed by atoms with Gasteiger partial charge in [0.1, 0.15) is 5.82 Å². The number of carbonyl (C=O) groups is 1. The number of amides is 1. The van der Waals surface area contributed by atoms with Gasteiger partial charge in [0.2, 0.25) is 5.91 Å².